The first-order valence-electron chi connectivity index (χ1n) is 6.88. The number of methoxy groups -OCH3 is 1. The number of ether oxygens (including phenoxy) is 1. The van der Waals surface area contributed by atoms with Crippen LogP contribution in [-0.2, 0) is 9.53 Å². The van der Waals surface area contributed by atoms with Gasteiger partial charge in [-0.15, -0.1) is 0 Å². The van der Waals surface area contributed by atoms with Crippen LogP contribution < -0.4 is 5.32 Å². The summed E-state index contributed by atoms with van der Waals surface area (Å²) in [6.07, 6.45) is 0. The van der Waals surface area contributed by atoms with Crippen molar-refractivity contribution in [3.8, 4) is 0 Å². The van der Waals surface area contributed by atoms with Gasteiger partial charge in [-0.25, -0.2) is 0 Å². The fraction of sp³-hybridized carbons (Fsp3) is 0.929. The maximum absolute atomic E-state index is 11.4. The van der Waals surface area contributed by atoms with E-state index in [1.807, 2.05) is 13.8 Å². The van der Waals surface area contributed by atoms with E-state index in [0.29, 0.717) is 12.1 Å². The SMILES string of the molecule is COC(=O)C(C)C(C)NCCN(C(C)C)C(C)C. The van der Waals surface area contributed by atoms with Crippen LogP contribution in [0.1, 0.15) is 41.5 Å². The topological polar surface area (TPSA) is 41.6 Å². The number of carbonyl (C=O) groups excluding carboxylic acids is 1. The van der Waals surface area contributed by atoms with Gasteiger partial charge in [0.2, 0.25) is 0 Å². The van der Waals surface area contributed by atoms with E-state index < -0.39 is 0 Å². The molecule has 0 rings (SSSR count). The number of nitrogens with zero attached hydrogens (tertiary/aromatic N) is 1. The lowest BCUT2D eigenvalue weighted by molar-refractivity contribution is -0.145. The second-order valence-corrected chi connectivity index (χ2v) is 5.48. The van der Waals surface area contributed by atoms with Crippen LogP contribution in [-0.4, -0.2) is 49.2 Å². The molecule has 0 aromatic carbocycles. The molecule has 4 nitrogen and oxygen atoms in total. The second kappa shape index (κ2) is 8.48. The van der Waals surface area contributed by atoms with Crippen molar-refractivity contribution in [1.29, 1.82) is 0 Å². The summed E-state index contributed by atoms with van der Waals surface area (Å²) >= 11 is 0. The Morgan fingerprint density at radius 1 is 1.11 bits per heavy atom. The molecule has 0 saturated carbocycles. The lowest BCUT2D eigenvalue weighted by Crippen LogP contribution is -2.45. The van der Waals surface area contributed by atoms with Crippen LogP contribution in [0.5, 0.6) is 0 Å². The van der Waals surface area contributed by atoms with E-state index in [0.717, 1.165) is 13.1 Å². The van der Waals surface area contributed by atoms with E-state index in [9.17, 15) is 4.79 Å². The highest BCUT2D eigenvalue weighted by Crippen LogP contribution is 2.06. The van der Waals surface area contributed by atoms with Gasteiger partial charge in [0, 0.05) is 31.2 Å². The van der Waals surface area contributed by atoms with Gasteiger partial charge in [0.25, 0.3) is 0 Å². The fourth-order valence-corrected chi connectivity index (χ4v) is 2.10. The van der Waals surface area contributed by atoms with Gasteiger partial charge in [0.1, 0.15) is 0 Å². The average molecular weight is 258 g/mol. The van der Waals surface area contributed by atoms with E-state index in [1.54, 1.807) is 0 Å². The first kappa shape index (κ1) is 17.4. The predicted molar refractivity (Wildman–Crippen MR) is 75.6 cm³/mol. The number of nitrogens with one attached hydrogen (secondary N) is 1. The summed E-state index contributed by atoms with van der Waals surface area (Å²) in [4.78, 5) is 13.8. The number of rotatable bonds is 8. The Bertz CT molecular complexity index is 234. The standard InChI is InChI=1S/C14H30N2O2/c1-10(2)16(11(3)4)9-8-15-13(6)12(5)14(17)18-7/h10-13,15H,8-9H2,1-7H3. The molecule has 4 heteroatoms. The summed E-state index contributed by atoms with van der Waals surface area (Å²) < 4.78 is 4.75. The first-order valence-corrected chi connectivity index (χ1v) is 6.88. The van der Waals surface area contributed by atoms with Crippen LogP contribution in [0.2, 0.25) is 0 Å². The maximum atomic E-state index is 11.4. The normalized spacial score (nSPS) is 15.2. The Balaban J connectivity index is 4.06. The van der Waals surface area contributed by atoms with Gasteiger partial charge in [-0.3, -0.25) is 9.69 Å². The molecule has 0 heterocycles. The van der Waals surface area contributed by atoms with Gasteiger partial charge in [0.15, 0.2) is 0 Å². The van der Waals surface area contributed by atoms with Gasteiger partial charge < -0.3 is 10.1 Å². The molecule has 0 aliphatic carbocycles. The number of esters is 1. The highest BCUT2D eigenvalue weighted by molar-refractivity contribution is 5.72. The molecule has 0 spiro atoms. The molecule has 2 atom stereocenters. The maximum Gasteiger partial charge on any atom is 0.309 e. The Labute approximate surface area is 112 Å². The van der Waals surface area contributed by atoms with Crippen molar-refractivity contribution in [3.63, 3.8) is 0 Å². The van der Waals surface area contributed by atoms with Gasteiger partial charge in [0.05, 0.1) is 13.0 Å². The Kier molecular flexibility index (Phi) is 8.20. The van der Waals surface area contributed by atoms with Crippen LogP contribution in [0, 0.1) is 5.92 Å². The van der Waals surface area contributed by atoms with Crippen LogP contribution in [0.15, 0.2) is 0 Å². The molecule has 0 aromatic heterocycles. The molecule has 0 radical (unpaired) electrons. The lowest BCUT2D eigenvalue weighted by atomic mass is 10.0. The molecular formula is C14H30N2O2. The fourth-order valence-electron chi connectivity index (χ4n) is 2.10. The zero-order valence-electron chi connectivity index (χ0n) is 13.0. The molecule has 0 aliphatic heterocycles. The zero-order chi connectivity index (χ0) is 14.3. The van der Waals surface area contributed by atoms with E-state index in [2.05, 4.69) is 37.9 Å². The number of hydrogen-bond acceptors (Lipinski definition) is 4. The van der Waals surface area contributed by atoms with Crippen LogP contribution in [0.4, 0.5) is 0 Å². The Morgan fingerprint density at radius 3 is 2.00 bits per heavy atom. The summed E-state index contributed by atoms with van der Waals surface area (Å²) in [6.45, 7) is 14.6. The van der Waals surface area contributed by atoms with Gasteiger partial charge in [-0.2, -0.15) is 0 Å². The van der Waals surface area contributed by atoms with Crippen molar-refractivity contribution < 1.29 is 9.53 Å². The number of hydrogen-bond donors (Lipinski definition) is 1. The minimum Gasteiger partial charge on any atom is -0.469 e. The van der Waals surface area contributed by atoms with Crippen molar-refractivity contribution in [2.45, 2.75) is 59.7 Å². The Hall–Kier alpha value is -0.610. The zero-order valence-corrected chi connectivity index (χ0v) is 13.0. The summed E-state index contributed by atoms with van der Waals surface area (Å²) in [5, 5.41) is 3.40. The highest BCUT2D eigenvalue weighted by Gasteiger charge is 2.20. The molecule has 0 fully saturated rings. The van der Waals surface area contributed by atoms with Crippen molar-refractivity contribution in [3.05, 3.63) is 0 Å². The minimum atomic E-state index is -0.153. The molecule has 1 N–H and O–H groups in total. The van der Waals surface area contributed by atoms with Gasteiger partial charge in [-0.1, -0.05) is 6.92 Å². The second-order valence-electron chi connectivity index (χ2n) is 5.48. The van der Waals surface area contributed by atoms with Crippen molar-refractivity contribution in [2.75, 3.05) is 20.2 Å². The predicted octanol–water partition coefficient (Wildman–Crippen LogP) is 1.89. The Morgan fingerprint density at radius 2 is 1.61 bits per heavy atom. The third-order valence-corrected chi connectivity index (χ3v) is 3.49. The number of carbonyl (C=O) groups is 1. The average Bonchev–Trinajstić information content (AvgIpc) is 2.31. The molecular weight excluding hydrogens is 228 g/mol. The van der Waals surface area contributed by atoms with Crippen LogP contribution in [0.3, 0.4) is 0 Å². The molecule has 108 valence electrons. The molecule has 0 aromatic rings. The van der Waals surface area contributed by atoms with Gasteiger partial charge >= 0.3 is 5.97 Å². The minimum absolute atomic E-state index is 0.110. The monoisotopic (exact) mass is 258 g/mol. The van der Waals surface area contributed by atoms with E-state index in [-0.39, 0.29) is 17.9 Å². The van der Waals surface area contributed by atoms with Crippen molar-refractivity contribution >= 4 is 5.97 Å². The third kappa shape index (κ3) is 5.83. The quantitative estimate of drug-likeness (QED) is 0.675. The highest BCUT2D eigenvalue weighted by atomic mass is 16.5. The molecule has 2 unspecified atom stereocenters. The van der Waals surface area contributed by atoms with Crippen molar-refractivity contribution in [2.24, 2.45) is 5.92 Å². The van der Waals surface area contributed by atoms with E-state index >= 15 is 0 Å². The first-order chi connectivity index (χ1) is 8.31. The van der Waals surface area contributed by atoms with Crippen LogP contribution >= 0.6 is 0 Å². The van der Waals surface area contributed by atoms with Gasteiger partial charge in [-0.05, 0) is 34.6 Å². The molecule has 0 amide bonds. The summed E-state index contributed by atoms with van der Waals surface area (Å²) in [7, 11) is 1.44. The molecule has 18 heavy (non-hydrogen) atoms. The summed E-state index contributed by atoms with van der Waals surface area (Å²) in [5.41, 5.74) is 0. The largest absolute Gasteiger partial charge is 0.469 e. The lowest BCUT2D eigenvalue weighted by Gasteiger charge is -2.31. The molecule has 0 aliphatic rings. The summed E-state index contributed by atoms with van der Waals surface area (Å²) in [5.74, 6) is -0.263. The molecule has 0 saturated heterocycles. The van der Waals surface area contributed by atoms with E-state index in [1.165, 1.54) is 7.11 Å². The smallest absolute Gasteiger partial charge is 0.309 e. The van der Waals surface area contributed by atoms with Crippen LogP contribution in [0.25, 0.3) is 0 Å². The van der Waals surface area contributed by atoms with E-state index in [4.69, 9.17) is 4.74 Å². The third-order valence-electron chi connectivity index (χ3n) is 3.49. The van der Waals surface area contributed by atoms with Crippen molar-refractivity contribution in [1.82, 2.24) is 10.2 Å². The summed E-state index contributed by atoms with van der Waals surface area (Å²) in [6, 6.07) is 1.22. The molecule has 0 bridgehead atoms.